The van der Waals surface area contributed by atoms with E-state index in [0.29, 0.717) is 0 Å². The van der Waals surface area contributed by atoms with Gasteiger partial charge >= 0.3 is 34.1 Å². The van der Waals surface area contributed by atoms with E-state index in [4.69, 9.17) is 22.9 Å². The van der Waals surface area contributed by atoms with Crippen molar-refractivity contribution in [2.45, 2.75) is 0 Å². The average molecular weight is 580 g/mol. The van der Waals surface area contributed by atoms with Crippen molar-refractivity contribution in [1.82, 2.24) is 0 Å². The summed E-state index contributed by atoms with van der Waals surface area (Å²) in [4.78, 5) is 13.4. The van der Waals surface area contributed by atoms with Gasteiger partial charge in [-0.15, -0.1) is 0 Å². The molecule has 2 radical (unpaired) electrons. The summed E-state index contributed by atoms with van der Waals surface area (Å²) < 4.78 is 0. The molecule has 0 aliphatic heterocycles. The van der Waals surface area contributed by atoms with Gasteiger partial charge in [0.05, 0.1) is 26.2 Å². The summed E-state index contributed by atoms with van der Waals surface area (Å²) in [6.45, 7) is 1.61. The first-order valence-corrected chi connectivity index (χ1v) is 7.11. The maximum Gasteiger partial charge on any atom is 2.00 e. The van der Waals surface area contributed by atoms with Gasteiger partial charge in [0.25, 0.3) is 0 Å². The van der Waals surface area contributed by atoms with Crippen LogP contribution in [0.4, 0.5) is 0 Å². The Morgan fingerprint density at radius 2 is 0.531 bits per heavy atom. The minimum atomic E-state index is -0.853. The van der Waals surface area contributed by atoms with E-state index in [1.807, 2.05) is 0 Å². The molecule has 0 spiro atoms. The van der Waals surface area contributed by atoms with Crippen molar-refractivity contribution in [3.05, 3.63) is 0 Å². The predicted molar refractivity (Wildman–Crippen MR) is 107 cm³/mol. The third-order valence-corrected chi connectivity index (χ3v) is 1.90. The van der Waals surface area contributed by atoms with E-state index in [2.05, 4.69) is 20.0 Å². The standard InChI is InChI=1S/2C6H14N4O2.2Cu.6H2O/c2*7-1-3-9-5(11)6(12)10-4-2-8;;;;;;;;/h2*1-4,7-8H2,(H,9,11)(H,10,12);;;6*1H2/q;;2*+2;;;;;;/p-4. The zero-order valence-electron chi connectivity index (χ0n) is 17.0. The van der Waals surface area contributed by atoms with Gasteiger partial charge in [0, 0.05) is 26.2 Å². The molecule has 0 fully saturated rings. The van der Waals surface area contributed by atoms with Crippen LogP contribution in [0, 0.1) is 0 Å². The number of nitrogens with two attached hydrogens (primary N) is 4. The fraction of sp³-hybridized carbons (Fsp3) is 0.667. The molecule has 0 heterocycles. The first kappa shape index (κ1) is 63.2. The van der Waals surface area contributed by atoms with Crippen LogP contribution in [0.25, 0.3) is 0 Å². The summed E-state index contributed by atoms with van der Waals surface area (Å²) in [5.74, 6) is -3.41. The molecule has 0 aromatic heterocycles. The van der Waals surface area contributed by atoms with Crippen LogP contribution in [0.2, 0.25) is 0 Å². The van der Waals surface area contributed by atoms with Gasteiger partial charge in [-0.05, 0) is 23.6 Å². The van der Waals surface area contributed by atoms with Gasteiger partial charge in [0.15, 0.2) is 0 Å². The van der Waals surface area contributed by atoms with Crippen molar-refractivity contribution >= 4 is 23.6 Å². The first-order chi connectivity index (χ1) is 11.4. The third-order valence-electron chi connectivity index (χ3n) is 1.90. The van der Waals surface area contributed by atoms with Gasteiger partial charge in [-0.1, -0.05) is 0 Å². The normalized spacial score (nSPS) is 10.1. The Kier molecular flexibility index (Phi) is 93.5. The van der Waals surface area contributed by atoms with E-state index in [0.717, 1.165) is 0 Å². The van der Waals surface area contributed by atoms with Crippen LogP contribution >= 0.6 is 0 Å². The molecule has 0 rings (SSSR count). The number of rotatable bonds is 8. The van der Waals surface area contributed by atoms with Gasteiger partial charge < -0.3 is 76.2 Å². The molecule has 0 aliphatic carbocycles. The van der Waals surface area contributed by atoms with Gasteiger partial charge in [-0.2, -0.15) is 0 Å². The van der Waals surface area contributed by atoms with E-state index >= 15 is 0 Å². The second-order valence-electron chi connectivity index (χ2n) is 3.90. The summed E-state index contributed by atoms with van der Waals surface area (Å²) in [7, 11) is 0. The zero-order chi connectivity index (χ0) is 18.8. The Morgan fingerprint density at radius 3 is 0.625 bits per heavy atom. The average Bonchev–Trinajstić information content (AvgIpc) is 2.60. The van der Waals surface area contributed by atoms with E-state index in [1.165, 1.54) is 0 Å². The monoisotopic (exact) mass is 578 g/mol. The number of hydrogen-bond donors (Lipinski definition) is 4. The van der Waals surface area contributed by atoms with E-state index in [1.54, 1.807) is 0 Å². The van der Waals surface area contributed by atoms with E-state index in [9.17, 15) is 20.4 Å². The van der Waals surface area contributed by atoms with Gasteiger partial charge in [-0.25, -0.2) is 0 Å². The topological polar surface area (TPSA) is 435 Å². The summed E-state index contributed by atoms with van der Waals surface area (Å²) in [5.41, 5.74) is 20.3. The third kappa shape index (κ3) is 42.6. The Balaban J connectivity index is -0.0000000302. The molecule has 0 aromatic rings. The minimum absolute atomic E-state index is 0. The Hall–Kier alpha value is -1.48. The Bertz CT molecular complexity index is 380. The molecular formula is C12H36Cu2N8O10. The van der Waals surface area contributed by atoms with Crippen molar-refractivity contribution in [2.24, 2.45) is 42.9 Å². The molecular weight excluding hydrogens is 543 g/mol. The molecule has 0 aliphatic rings. The molecule has 20 heteroatoms. The van der Waals surface area contributed by atoms with Crippen LogP contribution in [0.15, 0.2) is 20.0 Å². The van der Waals surface area contributed by atoms with Crippen molar-refractivity contribution < 1.29 is 87.4 Å². The van der Waals surface area contributed by atoms with Crippen molar-refractivity contribution in [1.29, 1.82) is 0 Å². The molecule has 18 nitrogen and oxygen atoms in total. The number of nitrogens with zero attached hydrogens (tertiary/aromatic N) is 4. The van der Waals surface area contributed by atoms with Crippen LogP contribution in [-0.2, 0) is 34.1 Å². The molecule has 206 valence electrons. The van der Waals surface area contributed by atoms with Gasteiger partial charge in [0.2, 0.25) is 0 Å². The van der Waals surface area contributed by atoms with Crippen LogP contribution in [0.5, 0.6) is 0 Å². The quantitative estimate of drug-likeness (QED) is 0.121. The number of hydrogen-bond acceptors (Lipinski definition) is 12. The summed E-state index contributed by atoms with van der Waals surface area (Å²) in [5, 5.41) is 42.8. The maximum absolute atomic E-state index is 10.7. The largest absolute Gasteiger partial charge is 2.00 e. The Morgan fingerprint density at radius 1 is 0.406 bits per heavy atom. The molecule has 0 atom stereocenters. The molecule has 20 N–H and O–H groups in total. The summed E-state index contributed by atoms with van der Waals surface area (Å²) in [6, 6.07) is 0. The van der Waals surface area contributed by atoms with Crippen molar-refractivity contribution in [3.8, 4) is 0 Å². The minimum Gasteiger partial charge on any atom is -0.858 e. The SMILES string of the molecule is NCCN=C([O-])C([O-])=NCCN.NCCN=C([O-])C([O-])=NCCN.O.O.O.O.O.O.[Cu+2].[Cu+2]. The molecule has 32 heavy (non-hydrogen) atoms. The van der Waals surface area contributed by atoms with Gasteiger partial charge in [-0.3, -0.25) is 20.0 Å². The second-order valence-corrected chi connectivity index (χ2v) is 3.90. The predicted octanol–water partition coefficient (Wildman–Crippen LogP) is -12.1. The van der Waals surface area contributed by atoms with Crippen LogP contribution < -0.4 is 43.4 Å². The zero-order valence-corrected chi connectivity index (χ0v) is 18.9. The van der Waals surface area contributed by atoms with Crippen LogP contribution in [0.1, 0.15) is 0 Å². The first-order valence-electron chi connectivity index (χ1n) is 7.11. The fourth-order valence-corrected chi connectivity index (χ4v) is 0.935. The van der Waals surface area contributed by atoms with E-state index in [-0.39, 0.29) is 119 Å². The van der Waals surface area contributed by atoms with E-state index < -0.39 is 23.6 Å². The molecule has 0 aromatic carbocycles. The van der Waals surface area contributed by atoms with Crippen LogP contribution in [0.3, 0.4) is 0 Å². The fourth-order valence-electron chi connectivity index (χ4n) is 0.935. The van der Waals surface area contributed by atoms with Crippen molar-refractivity contribution in [2.75, 3.05) is 52.4 Å². The summed E-state index contributed by atoms with van der Waals surface area (Å²) >= 11 is 0. The molecule has 0 bridgehead atoms. The Labute approximate surface area is 206 Å². The van der Waals surface area contributed by atoms with Crippen molar-refractivity contribution in [3.63, 3.8) is 0 Å². The molecule has 0 saturated carbocycles. The molecule has 0 unspecified atom stereocenters. The molecule has 0 amide bonds. The molecule has 0 saturated heterocycles. The summed E-state index contributed by atoms with van der Waals surface area (Å²) in [6.07, 6.45) is 0. The van der Waals surface area contributed by atoms with Gasteiger partial charge in [0.1, 0.15) is 0 Å². The number of aliphatic imine (C=N–C) groups is 4. The second kappa shape index (κ2) is 47.3. The maximum atomic E-state index is 10.7. The smallest absolute Gasteiger partial charge is 0.858 e. The van der Waals surface area contributed by atoms with Crippen LogP contribution in [-0.4, -0.2) is 109 Å².